The summed E-state index contributed by atoms with van der Waals surface area (Å²) in [4.78, 5) is 2.61. The van der Waals surface area contributed by atoms with Crippen LogP contribution in [0.1, 0.15) is 86.8 Å². The van der Waals surface area contributed by atoms with Crippen LogP contribution in [0.5, 0.6) is 0 Å². The third-order valence-corrected chi connectivity index (χ3v) is 18.7. The van der Waals surface area contributed by atoms with Crippen LogP contribution < -0.4 is 4.90 Å². The predicted octanol–water partition coefficient (Wildman–Crippen LogP) is 17.3. The Bertz CT molecular complexity index is 3180. The minimum atomic E-state index is 0.126. The zero-order valence-corrected chi connectivity index (χ0v) is 36.2. The topological polar surface area (TPSA) is 3.24 Å². The van der Waals surface area contributed by atoms with Crippen LogP contribution in [0.4, 0.5) is 17.1 Å². The molecule has 9 aromatic rings. The van der Waals surface area contributed by atoms with Gasteiger partial charge in [-0.1, -0.05) is 104 Å². The number of fused-ring (bicyclic) bond motifs is 9. The Kier molecular flexibility index (Phi) is 7.77. The molecule has 6 aliphatic carbocycles. The van der Waals surface area contributed by atoms with E-state index in [1.807, 2.05) is 22.7 Å². The average Bonchev–Trinajstić information content (AvgIpc) is 3.97. The third-order valence-electron chi connectivity index (χ3n) is 16.5. The van der Waals surface area contributed by atoms with Crippen molar-refractivity contribution < 1.29 is 0 Å². The van der Waals surface area contributed by atoms with Crippen LogP contribution in [0.2, 0.25) is 0 Å². The highest BCUT2D eigenvalue weighted by atomic mass is 32.1. The Morgan fingerprint density at radius 1 is 0.426 bits per heavy atom. The van der Waals surface area contributed by atoms with Gasteiger partial charge < -0.3 is 4.90 Å². The Morgan fingerprint density at radius 3 is 1.75 bits per heavy atom. The Hall–Kier alpha value is -5.22. The number of hydrogen-bond donors (Lipinski definition) is 0. The maximum Gasteiger partial charge on any atom is 0.0468 e. The van der Waals surface area contributed by atoms with E-state index in [-0.39, 0.29) is 5.41 Å². The van der Waals surface area contributed by atoms with Gasteiger partial charge in [0, 0.05) is 62.8 Å². The molecule has 0 N–H and O–H groups in total. The van der Waals surface area contributed by atoms with Gasteiger partial charge in [0.05, 0.1) is 0 Å². The van der Waals surface area contributed by atoms with Gasteiger partial charge in [-0.3, -0.25) is 0 Å². The van der Waals surface area contributed by atoms with Crippen molar-refractivity contribution in [2.45, 2.75) is 75.5 Å². The summed E-state index contributed by atoms with van der Waals surface area (Å²) in [5.74, 6) is 4.01. The van der Waals surface area contributed by atoms with Gasteiger partial charge in [-0.25, -0.2) is 0 Å². The summed E-state index contributed by atoms with van der Waals surface area (Å²) < 4.78 is 5.41. The second-order valence-electron chi connectivity index (χ2n) is 19.4. The number of thiophene rings is 2. The van der Waals surface area contributed by atoms with E-state index in [1.54, 1.807) is 11.1 Å². The van der Waals surface area contributed by atoms with Crippen LogP contribution in [0.25, 0.3) is 62.6 Å². The van der Waals surface area contributed by atoms with Gasteiger partial charge in [0.2, 0.25) is 0 Å². The molecule has 0 radical (unpaired) electrons. The number of benzene rings is 7. The predicted molar refractivity (Wildman–Crippen MR) is 261 cm³/mol. The van der Waals surface area contributed by atoms with Crippen LogP contribution in [-0.4, -0.2) is 0 Å². The standard InChI is InChI=1S/C58H49NS2/c1-2-10-37(11-3-1)38-20-22-41(23-21-38)59(43-24-26-45-44-12-4-6-16-50(44)58(51(45)34-43)39-29-35-28-36(31-39)32-40(58)30-35)42-25-27-53-49(33-42)57-47(15-9-19-55(57)61-53)46-14-8-18-54-56(46)48-13-5-7-17-52(48)60-54/h4-9,12-27,33-37,39-40H,1-3,10-11,28-32H2. The van der Waals surface area contributed by atoms with Crippen LogP contribution >= 0.6 is 22.7 Å². The van der Waals surface area contributed by atoms with Crippen molar-refractivity contribution in [3.63, 3.8) is 0 Å². The van der Waals surface area contributed by atoms with Crippen molar-refractivity contribution >= 4 is 80.1 Å². The van der Waals surface area contributed by atoms with Crippen LogP contribution in [0, 0.1) is 23.7 Å². The van der Waals surface area contributed by atoms with E-state index >= 15 is 0 Å². The highest BCUT2D eigenvalue weighted by Crippen LogP contribution is 2.69. The van der Waals surface area contributed by atoms with Gasteiger partial charge in [-0.05, 0) is 174 Å². The normalized spacial score (nSPS) is 24.1. The van der Waals surface area contributed by atoms with Crippen LogP contribution in [0.3, 0.4) is 0 Å². The second kappa shape index (κ2) is 13.4. The minimum Gasteiger partial charge on any atom is -0.310 e. The Balaban J connectivity index is 0.972. The molecule has 0 saturated heterocycles. The highest BCUT2D eigenvalue weighted by Gasteiger charge is 2.61. The molecule has 298 valence electrons. The second-order valence-corrected chi connectivity index (χ2v) is 21.6. The molecule has 1 nitrogen and oxygen atoms in total. The molecule has 0 unspecified atom stereocenters. The zero-order valence-electron chi connectivity index (χ0n) is 34.6. The monoisotopic (exact) mass is 823 g/mol. The lowest BCUT2D eigenvalue weighted by molar-refractivity contribution is -0.0399. The molecule has 3 heteroatoms. The fourth-order valence-electron chi connectivity index (χ4n) is 14.2. The van der Waals surface area contributed by atoms with Gasteiger partial charge in [0.1, 0.15) is 0 Å². The largest absolute Gasteiger partial charge is 0.310 e. The number of hydrogen-bond acceptors (Lipinski definition) is 3. The van der Waals surface area contributed by atoms with Crippen LogP contribution in [-0.2, 0) is 5.41 Å². The molecule has 0 atom stereocenters. The summed E-state index contributed by atoms with van der Waals surface area (Å²) in [5.41, 5.74) is 14.3. The van der Waals surface area contributed by atoms with Gasteiger partial charge in [0.15, 0.2) is 0 Å². The Morgan fingerprint density at radius 2 is 1.00 bits per heavy atom. The van der Waals surface area contributed by atoms with Crippen molar-refractivity contribution in [1.29, 1.82) is 0 Å². The van der Waals surface area contributed by atoms with E-state index in [9.17, 15) is 0 Å². The number of anilines is 3. The SMILES string of the molecule is c1ccc2c(c1)-c1ccc(N(c3ccc(C4CCCCC4)cc3)c3ccc4sc5cccc(-c6cccc7sc8ccccc8c67)c5c4c3)cc1C21C2CC3CC(C2)CC1C3. The molecular weight excluding hydrogens is 775 g/mol. The maximum absolute atomic E-state index is 2.68. The van der Waals surface area contributed by atoms with Gasteiger partial charge in [0.25, 0.3) is 0 Å². The summed E-state index contributed by atoms with van der Waals surface area (Å²) >= 11 is 3.84. The van der Waals surface area contributed by atoms with Crippen LogP contribution in [0.15, 0.2) is 146 Å². The average molecular weight is 824 g/mol. The first-order chi connectivity index (χ1) is 30.2. The molecule has 4 bridgehead atoms. The summed E-state index contributed by atoms with van der Waals surface area (Å²) in [5, 5.41) is 5.45. The number of nitrogens with zero attached hydrogens (tertiary/aromatic N) is 1. The first-order valence-corrected chi connectivity index (χ1v) is 24.8. The van der Waals surface area contributed by atoms with E-state index in [0.29, 0.717) is 5.92 Å². The Labute approximate surface area is 366 Å². The molecule has 1 spiro atoms. The van der Waals surface area contributed by atoms with Crippen molar-refractivity contribution in [2.75, 3.05) is 4.90 Å². The quantitative estimate of drug-likeness (QED) is 0.167. The van der Waals surface area contributed by atoms with E-state index < -0.39 is 0 Å². The zero-order chi connectivity index (χ0) is 39.8. The summed E-state index contributed by atoms with van der Waals surface area (Å²) in [6, 6.07) is 57.2. The first kappa shape index (κ1) is 35.4. The van der Waals surface area contributed by atoms with Gasteiger partial charge >= 0.3 is 0 Å². The number of rotatable bonds is 5. The highest BCUT2D eigenvalue weighted by molar-refractivity contribution is 7.26. The fraction of sp³-hybridized carbons (Fsp3) is 0.276. The lowest BCUT2D eigenvalue weighted by atomic mass is 9.43. The van der Waals surface area contributed by atoms with Gasteiger partial charge in [-0.2, -0.15) is 0 Å². The lowest BCUT2D eigenvalue weighted by Crippen LogP contribution is -2.55. The van der Waals surface area contributed by atoms with Crippen molar-refractivity contribution in [3.8, 4) is 22.3 Å². The summed E-state index contributed by atoms with van der Waals surface area (Å²) in [6.45, 7) is 0. The van der Waals surface area contributed by atoms with E-state index in [4.69, 9.17) is 0 Å². The van der Waals surface area contributed by atoms with E-state index in [1.165, 1.54) is 149 Å². The van der Waals surface area contributed by atoms with Crippen molar-refractivity contribution in [3.05, 3.63) is 162 Å². The molecule has 5 saturated carbocycles. The molecule has 15 rings (SSSR count). The molecule has 5 fully saturated rings. The molecule has 6 aliphatic rings. The summed E-state index contributed by atoms with van der Waals surface area (Å²) in [6.07, 6.45) is 13.8. The van der Waals surface area contributed by atoms with Crippen molar-refractivity contribution in [1.82, 2.24) is 0 Å². The molecule has 0 amide bonds. The molecule has 7 aromatic carbocycles. The maximum atomic E-state index is 2.68. The lowest BCUT2D eigenvalue weighted by Gasteiger charge is -2.61. The molecule has 2 aromatic heterocycles. The molecule has 0 aliphatic heterocycles. The third kappa shape index (κ3) is 5.11. The summed E-state index contributed by atoms with van der Waals surface area (Å²) in [7, 11) is 0. The minimum absolute atomic E-state index is 0.126. The molecular formula is C58H49NS2. The molecule has 61 heavy (non-hydrogen) atoms. The molecule has 2 heterocycles. The smallest absolute Gasteiger partial charge is 0.0468 e. The van der Waals surface area contributed by atoms with E-state index in [0.717, 1.165) is 23.7 Å². The first-order valence-electron chi connectivity index (χ1n) is 23.2. The van der Waals surface area contributed by atoms with Gasteiger partial charge in [-0.15, -0.1) is 22.7 Å². The van der Waals surface area contributed by atoms with Crippen molar-refractivity contribution in [2.24, 2.45) is 23.7 Å². The fourth-order valence-corrected chi connectivity index (χ4v) is 16.5. The van der Waals surface area contributed by atoms with E-state index in [2.05, 4.69) is 150 Å².